The lowest BCUT2D eigenvalue weighted by atomic mass is 9.96. The van der Waals surface area contributed by atoms with Crippen LogP contribution in [0.25, 0.3) is 0 Å². The van der Waals surface area contributed by atoms with E-state index in [1.54, 1.807) is 6.92 Å². The molecule has 5 nitrogen and oxygen atoms in total. The number of rotatable bonds is 12. The molecule has 0 aromatic heterocycles. The lowest BCUT2D eigenvalue weighted by molar-refractivity contribution is -0.149. The summed E-state index contributed by atoms with van der Waals surface area (Å²) in [6.45, 7) is 7.67. The highest BCUT2D eigenvalue weighted by Crippen LogP contribution is 2.28. The van der Waals surface area contributed by atoms with E-state index < -0.39 is 12.1 Å². The van der Waals surface area contributed by atoms with E-state index in [1.807, 2.05) is 24.3 Å². The number of benzene rings is 3. The summed E-state index contributed by atoms with van der Waals surface area (Å²) in [4.78, 5) is 13.6. The molecule has 0 aliphatic carbocycles. The predicted octanol–water partition coefficient (Wildman–Crippen LogP) is 5.44. The average molecular weight is 462 g/mol. The van der Waals surface area contributed by atoms with E-state index in [9.17, 15) is 9.90 Å². The minimum atomic E-state index is -0.943. The van der Waals surface area contributed by atoms with Gasteiger partial charge >= 0.3 is 5.97 Å². The van der Waals surface area contributed by atoms with Crippen LogP contribution in [-0.2, 0) is 16.0 Å². The van der Waals surface area contributed by atoms with E-state index in [4.69, 9.17) is 9.47 Å². The molecule has 0 amide bonds. The molecule has 0 unspecified atom stereocenters. The van der Waals surface area contributed by atoms with Crippen LogP contribution < -0.4 is 4.74 Å². The zero-order chi connectivity index (χ0) is 24.5. The van der Waals surface area contributed by atoms with Crippen LogP contribution in [0.5, 0.6) is 5.75 Å². The number of ether oxygens (including phenoxy) is 2. The Balaban J connectivity index is 1.62. The van der Waals surface area contributed by atoms with Crippen LogP contribution in [-0.4, -0.2) is 48.9 Å². The summed E-state index contributed by atoms with van der Waals surface area (Å²) in [5.41, 5.74) is 5.91. The number of aryl methyl sites for hydroxylation is 2. The molecule has 180 valence electrons. The van der Waals surface area contributed by atoms with Crippen molar-refractivity contribution in [2.45, 2.75) is 39.3 Å². The van der Waals surface area contributed by atoms with Gasteiger partial charge in [0.2, 0.25) is 0 Å². The van der Waals surface area contributed by atoms with E-state index in [1.165, 1.54) is 22.3 Å². The number of hydrogen-bond acceptors (Lipinski definition) is 4. The van der Waals surface area contributed by atoms with Gasteiger partial charge in [0.25, 0.3) is 0 Å². The number of likely N-dealkylation sites (N-methyl/N-ethyl adjacent to an activating group) is 1. The first-order valence-corrected chi connectivity index (χ1v) is 11.8. The Kier molecular flexibility index (Phi) is 9.25. The van der Waals surface area contributed by atoms with Crippen LogP contribution in [0.3, 0.4) is 0 Å². The van der Waals surface area contributed by atoms with E-state index >= 15 is 0 Å². The van der Waals surface area contributed by atoms with Crippen LogP contribution in [0.4, 0.5) is 0 Å². The molecular formula is C29H35NO4. The highest BCUT2D eigenvalue weighted by atomic mass is 16.5. The zero-order valence-corrected chi connectivity index (χ0v) is 20.5. The van der Waals surface area contributed by atoms with E-state index in [0.717, 1.165) is 17.9 Å². The molecule has 0 spiro atoms. The van der Waals surface area contributed by atoms with Gasteiger partial charge < -0.3 is 14.6 Å². The van der Waals surface area contributed by atoms with Gasteiger partial charge in [-0.05, 0) is 56.6 Å². The van der Waals surface area contributed by atoms with Gasteiger partial charge in [-0.1, -0.05) is 71.8 Å². The van der Waals surface area contributed by atoms with E-state index in [0.29, 0.717) is 19.6 Å². The van der Waals surface area contributed by atoms with Gasteiger partial charge in [-0.2, -0.15) is 0 Å². The average Bonchev–Trinajstić information content (AvgIpc) is 2.82. The predicted molar refractivity (Wildman–Crippen MR) is 136 cm³/mol. The molecule has 3 aromatic rings. The number of nitrogens with zero attached hydrogens (tertiary/aromatic N) is 1. The van der Waals surface area contributed by atoms with Crippen molar-refractivity contribution in [2.75, 3.05) is 26.8 Å². The fourth-order valence-electron chi connectivity index (χ4n) is 3.99. The summed E-state index contributed by atoms with van der Waals surface area (Å²) < 4.78 is 11.3. The van der Waals surface area contributed by atoms with Gasteiger partial charge in [0.05, 0.1) is 6.04 Å². The SMILES string of the molecule is CCO[C@H](Cc1ccc(OCCN(C)C(c2ccc(C)cc2)c2ccc(C)cc2)cc1)C(=O)O. The monoisotopic (exact) mass is 461 g/mol. The quantitative estimate of drug-likeness (QED) is 0.389. The Morgan fingerprint density at radius 1 is 0.882 bits per heavy atom. The second kappa shape index (κ2) is 12.4. The molecule has 0 radical (unpaired) electrons. The molecule has 0 fully saturated rings. The van der Waals surface area contributed by atoms with Gasteiger partial charge in [-0.15, -0.1) is 0 Å². The fraction of sp³-hybridized carbons (Fsp3) is 0.345. The lowest BCUT2D eigenvalue weighted by Gasteiger charge is -2.29. The van der Waals surface area contributed by atoms with Crippen molar-refractivity contribution >= 4 is 5.97 Å². The minimum Gasteiger partial charge on any atom is -0.492 e. The Morgan fingerprint density at radius 2 is 1.41 bits per heavy atom. The Hall–Kier alpha value is -3.15. The van der Waals surface area contributed by atoms with Gasteiger partial charge in [0, 0.05) is 19.6 Å². The molecule has 3 aromatic carbocycles. The molecule has 0 saturated carbocycles. The van der Waals surface area contributed by atoms with Crippen molar-refractivity contribution in [1.82, 2.24) is 4.90 Å². The summed E-state index contributed by atoms with van der Waals surface area (Å²) >= 11 is 0. The van der Waals surface area contributed by atoms with Crippen molar-refractivity contribution in [3.8, 4) is 5.75 Å². The summed E-state index contributed by atoms with van der Waals surface area (Å²) in [6.07, 6.45) is -0.494. The van der Waals surface area contributed by atoms with Crippen molar-refractivity contribution in [1.29, 1.82) is 0 Å². The lowest BCUT2D eigenvalue weighted by Crippen LogP contribution is -2.29. The fourth-order valence-corrected chi connectivity index (χ4v) is 3.99. The van der Waals surface area contributed by atoms with Gasteiger partial charge in [-0.3, -0.25) is 4.90 Å². The molecule has 0 aliphatic heterocycles. The maximum atomic E-state index is 11.3. The smallest absolute Gasteiger partial charge is 0.333 e. The van der Waals surface area contributed by atoms with Crippen LogP contribution in [0.1, 0.15) is 40.8 Å². The summed E-state index contributed by atoms with van der Waals surface area (Å²) in [7, 11) is 2.12. The maximum Gasteiger partial charge on any atom is 0.333 e. The molecular weight excluding hydrogens is 426 g/mol. The Labute approximate surface area is 203 Å². The molecule has 0 saturated heterocycles. The third kappa shape index (κ3) is 7.17. The Bertz CT molecular complexity index is 984. The van der Waals surface area contributed by atoms with Gasteiger partial charge in [-0.25, -0.2) is 4.79 Å². The highest BCUT2D eigenvalue weighted by molar-refractivity contribution is 5.72. The topological polar surface area (TPSA) is 59.0 Å². The van der Waals surface area contributed by atoms with Crippen LogP contribution in [0, 0.1) is 13.8 Å². The van der Waals surface area contributed by atoms with Crippen molar-refractivity contribution in [3.05, 3.63) is 101 Å². The van der Waals surface area contributed by atoms with Crippen molar-refractivity contribution in [2.24, 2.45) is 0 Å². The highest BCUT2D eigenvalue weighted by Gasteiger charge is 2.20. The first-order chi connectivity index (χ1) is 16.4. The molecule has 1 N–H and O–H groups in total. The number of carbonyl (C=O) groups is 1. The number of carboxylic acids is 1. The molecule has 0 heterocycles. The minimum absolute atomic E-state index is 0.138. The normalized spacial score (nSPS) is 12.2. The van der Waals surface area contributed by atoms with Crippen LogP contribution >= 0.6 is 0 Å². The molecule has 0 bridgehead atoms. The van der Waals surface area contributed by atoms with E-state index in [2.05, 4.69) is 74.3 Å². The van der Waals surface area contributed by atoms with Crippen LogP contribution in [0.2, 0.25) is 0 Å². The molecule has 1 atom stereocenters. The first kappa shape index (κ1) is 25.5. The van der Waals surface area contributed by atoms with E-state index in [-0.39, 0.29) is 6.04 Å². The number of hydrogen-bond donors (Lipinski definition) is 1. The van der Waals surface area contributed by atoms with Gasteiger partial charge in [0.15, 0.2) is 6.10 Å². The van der Waals surface area contributed by atoms with Crippen LogP contribution in [0.15, 0.2) is 72.8 Å². The first-order valence-electron chi connectivity index (χ1n) is 11.8. The number of aliphatic carboxylic acids is 1. The standard InChI is InChI=1S/C29H35NO4/c1-5-33-27(29(31)32)20-23-10-16-26(17-11-23)34-19-18-30(4)28(24-12-6-21(2)7-13-24)25-14-8-22(3)9-15-25/h6-17,27-28H,5,18-20H2,1-4H3,(H,31,32)/t27-/m1/s1. The zero-order valence-electron chi connectivity index (χ0n) is 20.5. The van der Waals surface area contributed by atoms with Gasteiger partial charge in [0.1, 0.15) is 12.4 Å². The second-order valence-corrected chi connectivity index (χ2v) is 8.68. The molecule has 34 heavy (non-hydrogen) atoms. The van der Waals surface area contributed by atoms with Crippen molar-refractivity contribution in [3.63, 3.8) is 0 Å². The molecule has 3 rings (SSSR count). The third-order valence-corrected chi connectivity index (χ3v) is 5.93. The van der Waals surface area contributed by atoms with Crippen molar-refractivity contribution < 1.29 is 19.4 Å². The Morgan fingerprint density at radius 3 is 1.88 bits per heavy atom. The molecule has 5 heteroatoms. The molecule has 0 aliphatic rings. The summed E-state index contributed by atoms with van der Waals surface area (Å²) in [5.74, 6) is -0.176. The largest absolute Gasteiger partial charge is 0.492 e. The summed E-state index contributed by atoms with van der Waals surface area (Å²) in [5, 5.41) is 9.27. The summed E-state index contributed by atoms with van der Waals surface area (Å²) in [6, 6.07) is 25.1. The third-order valence-electron chi connectivity index (χ3n) is 5.93. The second-order valence-electron chi connectivity index (χ2n) is 8.68. The maximum absolute atomic E-state index is 11.3. The number of carboxylic acid groups (broad SMARTS) is 1.